The van der Waals surface area contributed by atoms with Crippen LogP contribution in [0.4, 0.5) is 8.78 Å². The van der Waals surface area contributed by atoms with Gasteiger partial charge in [-0.2, -0.15) is 8.78 Å². The second-order valence-corrected chi connectivity index (χ2v) is 4.54. The van der Waals surface area contributed by atoms with Gasteiger partial charge in [0.25, 0.3) is 0 Å². The van der Waals surface area contributed by atoms with Crippen molar-refractivity contribution in [3.8, 4) is 5.75 Å². The van der Waals surface area contributed by atoms with Crippen molar-refractivity contribution >= 4 is 0 Å². The molecule has 1 aromatic carbocycles. The van der Waals surface area contributed by atoms with Gasteiger partial charge >= 0.3 is 6.61 Å². The van der Waals surface area contributed by atoms with Crippen LogP contribution in [-0.4, -0.2) is 6.61 Å². The Bertz CT molecular complexity index is 528. The first-order chi connectivity index (χ1) is 9.58. The van der Waals surface area contributed by atoms with Crippen molar-refractivity contribution in [2.24, 2.45) is 0 Å². The predicted octanol–water partition coefficient (Wildman–Crippen LogP) is 4.29. The molecule has 1 unspecified atom stereocenters. The summed E-state index contributed by atoms with van der Waals surface area (Å²) in [6, 6.07) is 10.3. The van der Waals surface area contributed by atoms with Gasteiger partial charge < -0.3 is 14.5 Å². The third-order valence-electron chi connectivity index (χ3n) is 3.07. The van der Waals surface area contributed by atoms with Crippen molar-refractivity contribution in [3.63, 3.8) is 0 Å². The predicted molar refractivity (Wildman–Crippen MR) is 71.7 cm³/mol. The van der Waals surface area contributed by atoms with Crippen molar-refractivity contribution in [2.45, 2.75) is 32.5 Å². The average Bonchev–Trinajstić information content (AvgIpc) is 2.92. The summed E-state index contributed by atoms with van der Waals surface area (Å²) in [5, 5.41) is 3.29. The topological polar surface area (TPSA) is 34.4 Å². The van der Waals surface area contributed by atoms with Gasteiger partial charge in [-0.3, -0.25) is 0 Å². The van der Waals surface area contributed by atoms with E-state index in [2.05, 4.69) is 10.1 Å². The Balaban J connectivity index is 2.10. The summed E-state index contributed by atoms with van der Waals surface area (Å²) in [4.78, 5) is 0. The molecule has 2 rings (SSSR count). The highest BCUT2D eigenvalue weighted by molar-refractivity contribution is 5.35. The molecule has 0 saturated heterocycles. The number of nitrogens with one attached hydrogen (secondary N) is 1. The van der Waals surface area contributed by atoms with Crippen LogP contribution in [0.5, 0.6) is 5.75 Å². The van der Waals surface area contributed by atoms with Crippen LogP contribution >= 0.6 is 0 Å². The van der Waals surface area contributed by atoms with E-state index >= 15 is 0 Å². The molecule has 0 saturated carbocycles. The van der Waals surface area contributed by atoms with E-state index in [-0.39, 0.29) is 17.8 Å². The van der Waals surface area contributed by atoms with Crippen molar-refractivity contribution in [1.82, 2.24) is 5.32 Å². The molecule has 0 bridgehead atoms. The lowest BCUT2D eigenvalue weighted by Gasteiger charge is -2.21. The fourth-order valence-electron chi connectivity index (χ4n) is 2.13. The van der Waals surface area contributed by atoms with Crippen molar-refractivity contribution in [2.75, 3.05) is 0 Å². The number of hydrogen-bond acceptors (Lipinski definition) is 3. The lowest BCUT2D eigenvalue weighted by Crippen LogP contribution is -2.23. The van der Waals surface area contributed by atoms with Crippen LogP contribution in [0.3, 0.4) is 0 Å². The van der Waals surface area contributed by atoms with Gasteiger partial charge in [0.1, 0.15) is 11.5 Å². The van der Waals surface area contributed by atoms with E-state index in [9.17, 15) is 8.78 Å². The van der Waals surface area contributed by atoms with E-state index < -0.39 is 6.61 Å². The lowest BCUT2D eigenvalue weighted by molar-refractivity contribution is -0.0507. The van der Waals surface area contributed by atoms with Crippen LogP contribution in [0.1, 0.15) is 37.3 Å². The van der Waals surface area contributed by atoms with E-state index in [1.807, 2.05) is 26.0 Å². The molecule has 3 nitrogen and oxygen atoms in total. The molecule has 0 aliphatic carbocycles. The maximum atomic E-state index is 12.4. The van der Waals surface area contributed by atoms with E-state index in [4.69, 9.17) is 4.42 Å². The quantitative estimate of drug-likeness (QED) is 0.857. The molecule has 1 N–H and O–H groups in total. The average molecular weight is 281 g/mol. The Labute approximate surface area is 116 Å². The number of rotatable bonds is 6. The highest BCUT2D eigenvalue weighted by Gasteiger charge is 2.17. The van der Waals surface area contributed by atoms with Crippen molar-refractivity contribution in [1.29, 1.82) is 0 Å². The minimum Gasteiger partial charge on any atom is -0.468 e. The molecule has 0 radical (unpaired) electrons. The van der Waals surface area contributed by atoms with E-state index in [1.54, 1.807) is 24.5 Å². The molecule has 0 spiro atoms. The number of benzene rings is 1. The number of halogens is 2. The number of furan rings is 1. The molecule has 0 fully saturated rings. The number of alkyl halides is 2. The molecule has 1 heterocycles. The van der Waals surface area contributed by atoms with Crippen LogP contribution in [0.15, 0.2) is 47.1 Å². The molecule has 5 heteroatoms. The van der Waals surface area contributed by atoms with Crippen LogP contribution in [-0.2, 0) is 0 Å². The Morgan fingerprint density at radius 3 is 2.45 bits per heavy atom. The second-order valence-electron chi connectivity index (χ2n) is 4.54. The largest absolute Gasteiger partial charge is 0.468 e. The second kappa shape index (κ2) is 6.52. The highest BCUT2D eigenvalue weighted by Crippen LogP contribution is 2.28. The summed E-state index contributed by atoms with van der Waals surface area (Å²) in [5.41, 5.74) is 0.686. The molecule has 0 amide bonds. The first-order valence-corrected chi connectivity index (χ1v) is 6.41. The lowest BCUT2D eigenvalue weighted by atomic mass is 10.1. The summed E-state index contributed by atoms with van der Waals surface area (Å²) in [5.74, 6) is 0.984. The monoisotopic (exact) mass is 281 g/mol. The smallest absolute Gasteiger partial charge is 0.387 e. The minimum absolute atomic E-state index is 0.0281. The Morgan fingerprint density at radius 2 is 1.80 bits per heavy atom. The number of hydrogen-bond donors (Lipinski definition) is 1. The molecule has 2 aromatic rings. The maximum absolute atomic E-state index is 12.4. The number of para-hydroxylation sites is 1. The molecule has 0 aliphatic rings. The van der Waals surface area contributed by atoms with Crippen LogP contribution in [0.25, 0.3) is 0 Å². The molecule has 108 valence electrons. The fraction of sp³-hybridized carbons (Fsp3) is 0.333. The van der Waals surface area contributed by atoms with Crippen LogP contribution in [0, 0.1) is 0 Å². The molecule has 0 aliphatic heterocycles. The minimum atomic E-state index is -2.83. The fourth-order valence-corrected chi connectivity index (χ4v) is 2.13. The van der Waals surface area contributed by atoms with Gasteiger partial charge in [-0.05, 0) is 32.0 Å². The zero-order chi connectivity index (χ0) is 14.5. The third kappa shape index (κ3) is 3.57. The van der Waals surface area contributed by atoms with Crippen LogP contribution in [0.2, 0.25) is 0 Å². The SMILES string of the molecule is CC(N[C@@H](C)c1ccco1)c1ccccc1OC(F)F. The summed E-state index contributed by atoms with van der Waals surface area (Å²) < 4.78 is 34.6. The molecular formula is C15H17F2NO2. The van der Waals surface area contributed by atoms with E-state index in [0.717, 1.165) is 5.76 Å². The van der Waals surface area contributed by atoms with Gasteiger partial charge in [0.15, 0.2) is 0 Å². The summed E-state index contributed by atoms with van der Waals surface area (Å²) in [7, 11) is 0. The molecular weight excluding hydrogens is 264 g/mol. The Hall–Kier alpha value is -1.88. The van der Waals surface area contributed by atoms with Gasteiger partial charge in [-0.25, -0.2) is 0 Å². The maximum Gasteiger partial charge on any atom is 0.387 e. The molecule has 2 atom stereocenters. The summed E-state index contributed by atoms with van der Waals surface area (Å²) >= 11 is 0. The number of ether oxygens (including phenoxy) is 1. The Kier molecular flexibility index (Phi) is 4.74. The van der Waals surface area contributed by atoms with Gasteiger partial charge in [0.05, 0.1) is 12.3 Å². The van der Waals surface area contributed by atoms with Crippen molar-refractivity contribution in [3.05, 3.63) is 54.0 Å². The van der Waals surface area contributed by atoms with Gasteiger partial charge in [0, 0.05) is 11.6 Å². The summed E-state index contributed by atoms with van der Waals surface area (Å²) in [6.07, 6.45) is 1.60. The normalized spacial score (nSPS) is 14.2. The summed E-state index contributed by atoms with van der Waals surface area (Å²) in [6.45, 7) is 1.02. The first kappa shape index (κ1) is 14.5. The van der Waals surface area contributed by atoms with E-state index in [1.165, 1.54) is 6.07 Å². The van der Waals surface area contributed by atoms with E-state index in [0.29, 0.717) is 5.56 Å². The molecule has 20 heavy (non-hydrogen) atoms. The van der Waals surface area contributed by atoms with Crippen molar-refractivity contribution < 1.29 is 17.9 Å². The van der Waals surface area contributed by atoms with Gasteiger partial charge in [0.2, 0.25) is 0 Å². The first-order valence-electron chi connectivity index (χ1n) is 6.41. The standard InChI is InChI=1S/C15H17F2NO2/c1-10(18-11(2)13-8-5-9-19-13)12-6-3-4-7-14(12)20-15(16)17/h3-11,15,18H,1-2H3/t10?,11-/m0/s1. The Morgan fingerprint density at radius 1 is 1.05 bits per heavy atom. The molecule has 1 aromatic heterocycles. The van der Waals surface area contributed by atoms with Gasteiger partial charge in [-0.1, -0.05) is 18.2 Å². The third-order valence-corrected chi connectivity index (χ3v) is 3.07. The zero-order valence-corrected chi connectivity index (χ0v) is 11.3. The van der Waals surface area contributed by atoms with Gasteiger partial charge in [-0.15, -0.1) is 0 Å². The highest BCUT2D eigenvalue weighted by atomic mass is 19.3. The zero-order valence-electron chi connectivity index (χ0n) is 11.3. The van der Waals surface area contributed by atoms with Crippen LogP contribution < -0.4 is 10.1 Å².